The molecule has 1 amide bonds. The normalized spacial score (nSPS) is 21.3. The number of likely N-dealkylation sites (N-methyl/N-ethyl adjacent to an activating group) is 2. The Bertz CT molecular complexity index is 894. The number of benzene rings is 2. The van der Waals surface area contributed by atoms with Gasteiger partial charge in [0.1, 0.15) is 5.75 Å². The van der Waals surface area contributed by atoms with Gasteiger partial charge in [-0.1, -0.05) is 18.2 Å². The fourth-order valence-electron chi connectivity index (χ4n) is 4.90. The van der Waals surface area contributed by atoms with Crippen LogP contribution < -0.4 is 4.74 Å². The first-order valence-electron chi connectivity index (χ1n) is 11.5. The lowest BCUT2D eigenvalue weighted by molar-refractivity contribution is -0.132. The van der Waals surface area contributed by atoms with Crippen LogP contribution in [0.4, 0.5) is 0 Å². The van der Waals surface area contributed by atoms with Crippen LogP contribution in [0.2, 0.25) is 0 Å². The number of carbonyl (C=O) groups excluding carboxylic acids is 1. The van der Waals surface area contributed by atoms with Crippen molar-refractivity contribution in [3.63, 3.8) is 0 Å². The summed E-state index contributed by atoms with van der Waals surface area (Å²) >= 11 is 0. The maximum Gasteiger partial charge on any atom is 0.236 e. The lowest BCUT2D eigenvalue weighted by Crippen LogP contribution is -2.55. The number of hydrogen-bond acceptors (Lipinski definition) is 5. The number of ether oxygens (including phenoxy) is 1. The van der Waals surface area contributed by atoms with Crippen molar-refractivity contribution >= 4 is 16.7 Å². The molecular weight excluding hydrogens is 388 g/mol. The van der Waals surface area contributed by atoms with E-state index in [9.17, 15) is 4.79 Å². The summed E-state index contributed by atoms with van der Waals surface area (Å²) in [4.78, 5) is 22.1. The highest BCUT2D eigenvalue weighted by atomic mass is 16.5. The van der Waals surface area contributed by atoms with Crippen LogP contribution in [0.5, 0.6) is 5.75 Å². The van der Waals surface area contributed by atoms with Gasteiger partial charge in [0.15, 0.2) is 0 Å². The number of fused-ring (bicyclic) bond motifs is 1. The fraction of sp³-hybridized carbons (Fsp3) is 0.560. The molecule has 4 rings (SSSR count). The van der Waals surface area contributed by atoms with Gasteiger partial charge >= 0.3 is 0 Å². The molecule has 1 atom stereocenters. The molecule has 2 aromatic carbocycles. The largest absolute Gasteiger partial charge is 0.497 e. The van der Waals surface area contributed by atoms with Crippen molar-refractivity contribution in [3.05, 3.63) is 42.0 Å². The third kappa shape index (κ3) is 5.56. The monoisotopic (exact) mass is 424 g/mol. The molecular formula is C25H36N4O2. The number of carbonyl (C=O) groups is 1. The highest BCUT2D eigenvalue weighted by Gasteiger charge is 2.27. The summed E-state index contributed by atoms with van der Waals surface area (Å²) in [7, 11) is 5.82. The zero-order valence-corrected chi connectivity index (χ0v) is 19.2. The Morgan fingerprint density at radius 3 is 2.55 bits per heavy atom. The van der Waals surface area contributed by atoms with Crippen LogP contribution in [0.3, 0.4) is 0 Å². The van der Waals surface area contributed by atoms with E-state index in [2.05, 4.69) is 46.0 Å². The summed E-state index contributed by atoms with van der Waals surface area (Å²) in [5.74, 6) is 1.06. The molecule has 0 aromatic heterocycles. The molecule has 0 aliphatic carbocycles. The van der Waals surface area contributed by atoms with Crippen molar-refractivity contribution in [1.29, 1.82) is 0 Å². The van der Waals surface area contributed by atoms with Crippen LogP contribution in [0.25, 0.3) is 10.8 Å². The maximum atomic E-state index is 12.8. The molecule has 6 heteroatoms. The van der Waals surface area contributed by atoms with Crippen molar-refractivity contribution < 1.29 is 9.53 Å². The SMILES string of the molecule is COc1ccc2cc(CN(C)C(=O)CN3CCN(C4CCCN(C)C4)CC3)ccc2c1. The summed E-state index contributed by atoms with van der Waals surface area (Å²) < 4.78 is 5.30. The second kappa shape index (κ2) is 9.98. The molecule has 0 saturated carbocycles. The molecule has 6 nitrogen and oxygen atoms in total. The first-order valence-corrected chi connectivity index (χ1v) is 11.5. The Morgan fingerprint density at radius 2 is 1.81 bits per heavy atom. The van der Waals surface area contributed by atoms with Crippen LogP contribution in [-0.2, 0) is 11.3 Å². The van der Waals surface area contributed by atoms with E-state index >= 15 is 0 Å². The first kappa shape index (κ1) is 22.1. The number of hydrogen-bond donors (Lipinski definition) is 0. The molecule has 2 aliphatic heterocycles. The predicted octanol–water partition coefficient (Wildman–Crippen LogP) is 2.52. The molecule has 2 aromatic rings. The third-order valence-corrected chi connectivity index (χ3v) is 6.84. The van der Waals surface area contributed by atoms with E-state index in [-0.39, 0.29) is 5.91 Å². The van der Waals surface area contributed by atoms with E-state index in [1.807, 2.05) is 24.1 Å². The zero-order chi connectivity index (χ0) is 21.8. The summed E-state index contributed by atoms with van der Waals surface area (Å²) in [6.07, 6.45) is 2.61. The summed E-state index contributed by atoms with van der Waals surface area (Å²) in [6, 6.07) is 13.2. The van der Waals surface area contributed by atoms with E-state index in [1.165, 1.54) is 31.3 Å². The molecule has 168 valence electrons. The minimum Gasteiger partial charge on any atom is -0.497 e. The standard InChI is InChI=1S/C25H36N4O2/c1-26-10-4-5-23(18-26)29-13-11-28(12-14-29)19-25(30)27(2)17-20-6-7-22-16-24(31-3)9-8-21(22)15-20/h6-9,15-16,23H,4-5,10-14,17-19H2,1-3H3. The lowest BCUT2D eigenvalue weighted by Gasteiger charge is -2.42. The topological polar surface area (TPSA) is 39.3 Å². The van der Waals surface area contributed by atoms with Crippen LogP contribution >= 0.6 is 0 Å². The quantitative estimate of drug-likeness (QED) is 0.713. The van der Waals surface area contributed by atoms with Gasteiger partial charge in [0, 0.05) is 52.4 Å². The van der Waals surface area contributed by atoms with Crippen molar-refractivity contribution in [3.8, 4) is 5.75 Å². The number of rotatable bonds is 6. The molecule has 31 heavy (non-hydrogen) atoms. The first-order chi connectivity index (χ1) is 15.0. The van der Waals surface area contributed by atoms with Gasteiger partial charge in [-0.25, -0.2) is 0 Å². The Morgan fingerprint density at radius 1 is 1.06 bits per heavy atom. The van der Waals surface area contributed by atoms with Crippen molar-refractivity contribution in [2.75, 3.05) is 67.0 Å². The third-order valence-electron chi connectivity index (χ3n) is 6.84. The molecule has 0 spiro atoms. The van der Waals surface area contributed by atoms with E-state index in [1.54, 1.807) is 7.11 Å². The van der Waals surface area contributed by atoms with Gasteiger partial charge in [-0.15, -0.1) is 0 Å². The van der Waals surface area contributed by atoms with Gasteiger partial charge < -0.3 is 14.5 Å². The van der Waals surface area contributed by atoms with Gasteiger partial charge in [0.2, 0.25) is 5.91 Å². The fourth-order valence-corrected chi connectivity index (χ4v) is 4.90. The second-order valence-electron chi connectivity index (χ2n) is 9.17. The van der Waals surface area contributed by atoms with E-state index in [0.717, 1.165) is 42.9 Å². The molecule has 0 radical (unpaired) electrons. The lowest BCUT2D eigenvalue weighted by atomic mass is 10.0. The second-order valence-corrected chi connectivity index (χ2v) is 9.17. The van der Waals surface area contributed by atoms with Gasteiger partial charge in [-0.05, 0) is 61.0 Å². The number of likely N-dealkylation sites (tertiary alicyclic amines) is 1. The maximum absolute atomic E-state index is 12.8. The summed E-state index contributed by atoms with van der Waals surface area (Å²) in [5.41, 5.74) is 1.15. The summed E-state index contributed by atoms with van der Waals surface area (Å²) in [6.45, 7) is 7.67. The number of piperazine rings is 1. The van der Waals surface area contributed by atoms with E-state index in [4.69, 9.17) is 4.74 Å². The highest BCUT2D eigenvalue weighted by Crippen LogP contribution is 2.22. The van der Waals surface area contributed by atoms with Crippen molar-refractivity contribution in [2.45, 2.75) is 25.4 Å². The van der Waals surface area contributed by atoms with Gasteiger partial charge in [-0.3, -0.25) is 14.6 Å². The minimum absolute atomic E-state index is 0.195. The Kier molecular flexibility index (Phi) is 7.10. The average Bonchev–Trinajstić information content (AvgIpc) is 2.79. The van der Waals surface area contributed by atoms with Crippen LogP contribution in [0, 0.1) is 0 Å². The minimum atomic E-state index is 0.195. The van der Waals surface area contributed by atoms with Crippen LogP contribution in [0.1, 0.15) is 18.4 Å². The molecule has 1 unspecified atom stereocenters. The molecule has 0 bridgehead atoms. The molecule has 2 heterocycles. The smallest absolute Gasteiger partial charge is 0.236 e. The van der Waals surface area contributed by atoms with E-state index in [0.29, 0.717) is 19.1 Å². The molecule has 2 saturated heterocycles. The number of amides is 1. The molecule has 0 N–H and O–H groups in total. The molecule has 2 aliphatic rings. The molecule has 2 fully saturated rings. The Hall–Kier alpha value is -2.15. The van der Waals surface area contributed by atoms with Gasteiger partial charge in [0.25, 0.3) is 0 Å². The van der Waals surface area contributed by atoms with Crippen molar-refractivity contribution in [2.24, 2.45) is 0 Å². The Labute approximate surface area is 186 Å². The zero-order valence-electron chi connectivity index (χ0n) is 19.2. The van der Waals surface area contributed by atoms with E-state index < -0.39 is 0 Å². The van der Waals surface area contributed by atoms with Crippen molar-refractivity contribution in [1.82, 2.24) is 19.6 Å². The number of nitrogens with zero attached hydrogens (tertiary/aromatic N) is 4. The van der Waals surface area contributed by atoms with Crippen LogP contribution in [0.15, 0.2) is 36.4 Å². The Balaban J connectivity index is 1.26. The average molecular weight is 425 g/mol. The van der Waals surface area contributed by atoms with Gasteiger partial charge in [0.05, 0.1) is 13.7 Å². The summed E-state index contributed by atoms with van der Waals surface area (Å²) in [5, 5.41) is 2.32. The number of methoxy groups -OCH3 is 1. The number of piperidine rings is 1. The highest BCUT2D eigenvalue weighted by molar-refractivity contribution is 5.84. The van der Waals surface area contributed by atoms with Gasteiger partial charge in [-0.2, -0.15) is 0 Å². The predicted molar refractivity (Wildman–Crippen MR) is 126 cm³/mol. The van der Waals surface area contributed by atoms with Crippen LogP contribution in [-0.4, -0.2) is 98.6 Å².